The number of hydrogen-bond acceptors (Lipinski definition) is 2. The summed E-state index contributed by atoms with van der Waals surface area (Å²) in [5.41, 5.74) is 2.36. The quantitative estimate of drug-likeness (QED) is 0.829. The van der Waals surface area contributed by atoms with Gasteiger partial charge >= 0.3 is 0 Å². The van der Waals surface area contributed by atoms with E-state index in [-0.39, 0.29) is 36.8 Å². The van der Waals surface area contributed by atoms with Gasteiger partial charge in [0.05, 0.1) is 0 Å². The number of hydrogen-bond donors (Lipinski definition) is 0. The Morgan fingerprint density at radius 2 is 1.77 bits per heavy atom. The van der Waals surface area contributed by atoms with Crippen molar-refractivity contribution in [2.45, 2.75) is 25.4 Å². The number of carbonyl (C=O) groups is 2. The van der Waals surface area contributed by atoms with Crippen LogP contribution in [0.4, 0.5) is 4.39 Å². The molecule has 0 atom stereocenters. The van der Waals surface area contributed by atoms with E-state index in [2.05, 4.69) is 6.58 Å². The molecule has 1 aliphatic carbocycles. The van der Waals surface area contributed by atoms with E-state index in [4.69, 9.17) is 0 Å². The van der Waals surface area contributed by atoms with Gasteiger partial charge in [-0.05, 0) is 25.0 Å². The van der Waals surface area contributed by atoms with Crippen LogP contribution in [0.3, 0.4) is 0 Å². The molecule has 132 valence electrons. The van der Waals surface area contributed by atoms with Crippen LogP contribution in [0.2, 0.25) is 0 Å². The third-order valence-electron chi connectivity index (χ3n) is 4.94. The van der Waals surface area contributed by atoms with E-state index in [1.807, 2.05) is 12.1 Å². The summed E-state index contributed by atoms with van der Waals surface area (Å²) in [5.74, 6) is -0.710. The molecule has 0 aromatic heterocycles. The molecule has 2 aliphatic rings. The Balaban J connectivity index is 1.52. The number of amides is 2. The lowest BCUT2D eigenvalue weighted by Crippen LogP contribution is -2.41. The Bertz CT molecular complexity index is 869. The maximum Gasteiger partial charge on any atom is 0.259 e. The van der Waals surface area contributed by atoms with Gasteiger partial charge in [-0.25, -0.2) is 4.39 Å². The van der Waals surface area contributed by atoms with Gasteiger partial charge in [0.25, 0.3) is 5.91 Å². The minimum atomic E-state index is -0.319. The smallest absolute Gasteiger partial charge is 0.259 e. The topological polar surface area (TPSA) is 40.6 Å². The highest BCUT2D eigenvalue weighted by Crippen LogP contribution is 2.33. The molecule has 0 unspecified atom stereocenters. The predicted molar refractivity (Wildman–Crippen MR) is 96.5 cm³/mol. The molecule has 1 fully saturated rings. The maximum absolute atomic E-state index is 14.0. The molecule has 0 bridgehead atoms. The standard InChI is InChI=1S/C21H19FN2O2/c1-14-17-7-3-4-8-18(17)21(26)23(14)13-20(25)24(16-10-11-16)12-15-6-2-5-9-19(15)22/h2-9,16H,1,10-13H2. The first-order valence-electron chi connectivity index (χ1n) is 8.69. The second-order valence-corrected chi connectivity index (χ2v) is 6.73. The summed E-state index contributed by atoms with van der Waals surface area (Å²) in [4.78, 5) is 28.6. The highest BCUT2D eigenvalue weighted by Gasteiger charge is 2.37. The van der Waals surface area contributed by atoms with E-state index in [1.165, 1.54) is 11.0 Å². The summed E-state index contributed by atoms with van der Waals surface area (Å²) in [7, 11) is 0. The molecule has 2 aromatic rings. The van der Waals surface area contributed by atoms with Crippen LogP contribution in [-0.4, -0.2) is 34.2 Å². The van der Waals surface area contributed by atoms with Gasteiger partial charge in [-0.2, -0.15) is 0 Å². The zero-order chi connectivity index (χ0) is 18.3. The molecule has 0 saturated heterocycles. The Kier molecular flexibility index (Phi) is 4.07. The first kappa shape index (κ1) is 16.5. The minimum Gasteiger partial charge on any atom is -0.334 e. The predicted octanol–water partition coefficient (Wildman–Crippen LogP) is 3.44. The zero-order valence-corrected chi connectivity index (χ0v) is 14.3. The lowest BCUT2D eigenvalue weighted by Gasteiger charge is -2.26. The van der Waals surface area contributed by atoms with Crippen molar-refractivity contribution in [2.24, 2.45) is 0 Å². The van der Waals surface area contributed by atoms with E-state index in [0.717, 1.165) is 18.4 Å². The molecule has 4 rings (SSSR count). The summed E-state index contributed by atoms with van der Waals surface area (Å²) in [6.07, 6.45) is 1.82. The van der Waals surface area contributed by atoms with Crippen molar-refractivity contribution in [1.82, 2.24) is 9.80 Å². The molecule has 0 radical (unpaired) electrons. The second-order valence-electron chi connectivity index (χ2n) is 6.73. The van der Waals surface area contributed by atoms with Crippen molar-refractivity contribution in [1.29, 1.82) is 0 Å². The largest absolute Gasteiger partial charge is 0.334 e. The average molecular weight is 350 g/mol. The first-order valence-corrected chi connectivity index (χ1v) is 8.69. The van der Waals surface area contributed by atoms with Crippen LogP contribution in [-0.2, 0) is 11.3 Å². The molecule has 0 N–H and O–H groups in total. The van der Waals surface area contributed by atoms with Gasteiger partial charge in [-0.15, -0.1) is 0 Å². The number of fused-ring (bicyclic) bond motifs is 1. The van der Waals surface area contributed by atoms with Gasteiger partial charge in [0, 0.05) is 35.0 Å². The van der Waals surface area contributed by atoms with Crippen LogP contribution < -0.4 is 0 Å². The molecule has 2 amide bonds. The normalized spacial score (nSPS) is 16.0. The first-order chi connectivity index (χ1) is 12.6. The van der Waals surface area contributed by atoms with Crippen molar-refractivity contribution in [3.63, 3.8) is 0 Å². The fourth-order valence-corrected chi connectivity index (χ4v) is 3.35. The van der Waals surface area contributed by atoms with Gasteiger partial charge in [0.2, 0.25) is 5.91 Å². The van der Waals surface area contributed by atoms with E-state index >= 15 is 0 Å². The number of nitrogens with zero attached hydrogens (tertiary/aromatic N) is 2. The number of carbonyl (C=O) groups excluding carboxylic acids is 2. The summed E-state index contributed by atoms with van der Waals surface area (Å²) < 4.78 is 14.0. The van der Waals surface area contributed by atoms with E-state index < -0.39 is 0 Å². The number of halogens is 1. The zero-order valence-electron chi connectivity index (χ0n) is 14.3. The van der Waals surface area contributed by atoms with Gasteiger partial charge in [-0.3, -0.25) is 14.5 Å². The highest BCUT2D eigenvalue weighted by atomic mass is 19.1. The fraction of sp³-hybridized carbons (Fsp3) is 0.238. The van der Waals surface area contributed by atoms with Crippen LogP contribution in [0.1, 0.15) is 34.3 Å². The van der Waals surface area contributed by atoms with Crippen molar-refractivity contribution < 1.29 is 14.0 Å². The van der Waals surface area contributed by atoms with Gasteiger partial charge in [0.1, 0.15) is 12.4 Å². The van der Waals surface area contributed by atoms with Crippen molar-refractivity contribution in [3.05, 3.63) is 77.6 Å². The molecule has 2 aromatic carbocycles. The van der Waals surface area contributed by atoms with E-state index in [0.29, 0.717) is 16.8 Å². The lowest BCUT2D eigenvalue weighted by atomic mass is 10.1. The number of benzene rings is 2. The van der Waals surface area contributed by atoms with Crippen LogP contribution >= 0.6 is 0 Å². The maximum atomic E-state index is 14.0. The minimum absolute atomic E-state index is 0.0721. The summed E-state index contributed by atoms with van der Waals surface area (Å²) in [5, 5.41) is 0. The van der Waals surface area contributed by atoms with E-state index in [1.54, 1.807) is 35.2 Å². The Morgan fingerprint density at radius 3 is 2.42 bits per heavy atom. The SMILES string of the molecule is C=C1c2ccccc2C(=O)N1CC(=O)N(Cc1ccccc1F)C1CC1. The molecule has 5 heteroatoms. The molecule has 1 heterocycles. The fourth-order valence-electron chi connectivity index (χ4n) is 3.35. The highest BCUT2D eigenvalue weighted by molar-refractivity contribution is 6.10. The molecule has 1 aliphatic heterocycles. The lowest BCUT2D eigenvalue weighted by molar-refractivity contribution is -0.132. The molecule has 0 spiro atoms. The third-order valence-corrected chi connectivity index (χ3v) is 4.94. The van der Waals surface area contributed by atoms with Gasteiger partial charge in [-0.1, -0.05) is 43.0 Å². The Labute approximate surface area is 151 Å². The van der Waals surface area contributed by atoms with Crippen LogP contribution in [0.25, 0.3) is 5.70 Å². The summed E-state index contributed by atoms with van der Waals surface area (Å²) >= 11 is 0. The van der Waals surface area contributed by atoms with Crippen LogP contribution in [0.5, 0.6) is 0 Å². The Morgan fingerprint density at radius 1 is 1.12 bits per heavy atom. The summed E-state index contributed by atoms with van der Waals surface area (Å²) in [6.45, 7) is 4.12. The van der Waals surface area contributed by atoms with Crippen molar-refractivity contribution in [2.75, 3.05) is 6.54 Å². The number of rotatable bonds is 5. The molecule has 1 saturated carbocycles. The third kappa shape index (κ3) is 2.90. The average Bonchev–Trinajstić information content (AvgIpc) is 3.46. The van der Waals surface area contributed by atoms with Crippen LogP contribution in [0.15, 0.2) is 55.1 Å². The van der Waals surface area contributed by atoms with Crippen LogP contribution in [0, 0.1) is 5.82 Å². The second kappa shape index (κ2) is 6.41. The molecular weight excluding hydrogens is 331 g/mol. The Hall–Kier alpha value is -2.95. The van der Waals surface area contributed by atoms with Gasteiger partial charge in [0.15, 0.2) is 0 Å². The van der Waals surface area contributed by atoms with Crippen molar-refractivity contribution in [3.8, 4) is 0 Å². The van der Waals surface area contributed by atoms with Crippen molar-refractivity contribution >= 4 is 17.5 Å². The molecule has 26 heavy (non-hydrogen) atoms. The molecular formula is C21H19FN2O2. The summed E-state index contributed by atoms with van der Waals surface area (Å²) in [6, 6.07) is 13.8. The monoisotopic (exact) mass is 350 g/mol. The van der Waals surface area contributed by atoms with E-state index in [9.17, 15) is 14.0 Å². The molecule has 4 nitrogen and oxygen atoms in total. The van der Waals surface area contributed by atoms with Gasteiger partial charge < -0.3 is 4.90 Å².